The van der Waals surface area contributed by atoms with E-state index in [1.54, 1.807) is 6.92 Å². The quantitative estimate of drug-likeness (QED) is 0.791. The van der Waals surface area contributed by atoms with E-state index in [1.165, 1.54) is 19.3 Å². The van der Waals surface area contributed by atoms with Crippen molar-refractivity contribution >= 4 is 12.0 Å². The lowest BCUT2D eigenvalue weighted by molar-refractivity contribution is -0.141. The van der Waals surface area contributed by atoms with Crippen molar-refractivity contribution in [3.05, 3.63) is 0 Å². The molecular weight excluding hydrogens is 268 g/mol. The Morgan fingerprint density at radius 2 is 1.81 bits per heavy atom. The average Bonchev–Trinajstić information content (AvgIpc) is 2.98. The molecule has 120 valence electrons. The van der Waals surface area contributed by atoms with Crippen LogP contribution in [-0.4, -0.2) is 41.1 Å². The molecule has 0 aromatic carbocycles. The van der Waals surface area contributed by atoms with Gasteiger partial charge in [0.25, 0.3) is 0 Å². The van der Waals surface area contributed by atoms with Gasteiger partial charge >= 0.3 is 12.0 Å². The molecule has 5 nitrogen and oxygen atoms in total. The highest BCUT2D eigenvalue weighted by Gasteiger charge is 2.38. The van der Waals surface area contributed by atoms with Crippen molar-refractivity contribution in [2.45, 2.75) is 58.4 Å². The van der Waals surface area contributed by atoms with Crippen molar-refractivity contribution in [1.29, 1.82) is 0 Å². The molecule has 2 aliphatic rings. The molecule has 2 fully saturated rings. The van der Waals surface area contributed by atoms with Gasteiger partial charge in [-0.15, -0.1) is 0 Å². The molecule has 4 atom stereocenters. The number of fused-ring (bicyclic) bond motifs is 1. The summed E-state index contributed by atoms with van der Waals surface area (Å²) >= 11 is 0. The Morgan fingerprint density at radius 1 is 1.19 bits per heavy atom. The molecule has 0 aromatic rings. The van der Waals surface area contributed by atoms with Gasteiger partial charge in [0.15, 0.2) is 0 Å². The minimum Gasteiger partial charge on any atom is -0.481 e. The molecule has 1 saturated heterocycles. The number of carbonyl (C=O) groups is 2. The van der Waals surface area contributed by atoms with E-state index in [9.17, 15) is 9.59 Å². The van der Waals surface area contributed by atoms with Crippen molar-refractivity contribution in [1.82, 2.24) is 10.2 Å². The first kappa shape index (κ1) is 16.1. The lowest BCUT2D eigenvalue weighted by Gasteiger charge is -2.21. The molecule has 0 spiro atoms. The Bertz CT molecular complexity index is 374. The van der Waals surface area contributed by atoms with Gasteiger partial charge in [-0.1, -0.05) is 19.8 Å². The fraction of sp³-hybridized carbons (Fsp3) is 0.875. The lowest BCUT2D eigenvalue weighted by atomic mass is 10.0. The van der Waals surface area contributed by atoms with E-state index in [1.807, 2.05) is 11.8 Å². The number of rotatable bonds is 6. The zero-order valence-electron chi connectivity index (χ0n) is 13.2. The van der Waals surface area contributed by atoms with Gasteiger partial charge in [0, 0.05) is 19.1 Å². The fourth-order valence-electron chi connectivity index (χ4n) is 3.63. The molecule has 1 saturated carbocycles. The van der Waals surface area contributed by atoms with Crippen LogP contribution in [0.4, 0.5) is 4.79 Å². The Labute approximate surface area is 127 Å². The third-order valence-corrected chi connectivity index (χ3v) is 5.08. The molecule has 21 heavy (non-hydrogen) atoms. The van der Waals surface area contributed by atoms with Crippen LogP contribution in [-0.2, 0) is 4.79 Å². The molecule has 0 aromatic heterocycles. The first-order valence-corrected chi connectivity index (χ1v) is 8.25. The van der Waals surface area contributed by atoms with E-state index in [0.717, 1.165) is 37.8 Å². The van der Waals surface area contributed by atoms with Crippen LogP contribution in [0.15, 0.2) is 0 Å². The van der Waals surface area contributed by atoms with Gasteiger partial charge in [-0.2, -0.15) is 0 Å². The molecule has 2 N–H and O–H groups in total. The summed E-state index contributed by atoms with van der Waals surface area (Å²) in [7, 11) is 0. The predicted molar refractivity (Wildman–Crippen MR) is 81.0 cm³/mol. The van der Waals surface area contributed by atoms with E-state index in [4.69, 9.17) is 5.11 Å². The maximum atomic E-state index is 12.2. The summed E-state index contributed by atoms with van der Waals surface area (Å²) in [6, 6.07) is 0.169. The second-order valence-electron chi connectivity index (χ2n) is 6.88. The molecule has 2 amide bonds. The number of aliphatic carboxylic acids is 1. The van der Waals surface area contributed by atoms with Crippen LogP contribution in [0.5, 0.6) is 0 Å². The van der Waals surface area contributed by atoms with Crippen LogP contribution in [0.1, 0.15) is 52.4 Å². The summed E-state index contributed by atoms with van der Waals surface area (Å²) in [4.78, 5) is 24.9. The van der Waals surface area contributed by atoms with E-state index in [0.29, 0.717) is 6.42 Å². The summed E-state index contributed by atoms with van der Waals surface area (Å²) in [6.45, 7) is 5.56. The average molecular weight is 296 g/mol. The summed E-state index contributed by atoms with van der Waals surface area (Å²) in [5.74, 6) is 0.408. The van der Waals surface area contributed by atoms with Crippen molar-refractivity contribution in [2.75, 3.05) is 13.1 Å². The summed E-state index contributed by atoms with van der Waals surface area (Å²) < 4.78 is 0. The first-order chi connectivity index (χ1) is 9.97. The van der Waals surface area contributed by atoms with Crippen molar-refractivity contribution in [3.8, 4) is 0 Å². The molecule has 1 aliphatic carbocycles. The number of hydrogen-bond donors (Lipinski definition) is 2. The topological polar surface area (TPSA) is 69.6 Å². The predicted octanol–water partition coefficient (Wildman–Crippen LogP) is 2.71. The summed E-state index contributed by atoms with van der Waals surface area (Å²) in [5, 5.41) is 11.9. The van der Waals surface area contributed by atoms with E-state index in [2.05, 4.69) is 5.32 Å². The van der Waals surface area contributed by atoms with Gasteiger partial charge in [0.05, 0.1) is 5.92 Å². The number of carboxylic acid groups (broad SMARTS) is 1. The second-order valence-corrected chi connectivity index (χ2v) is 6.88. The number of carbonyl (C=O) groups excluding carboxylic acids is 1. The number of likely N-dealkylation sites (tertiary alicyclic amines) is 1. The molecular formula is C16H28N2O3. The fourth-order valence-corrected chi connectivity index (χ4v) is 3.63. The number of nitrogens with one attached hydrogen (secondary N) is 1. The third-order valence-electron chi connectivity index (χ3n) is 5.08. The minimum atomic E-state index is -0.740. The highest BCUT2D eigenvalue weighted by Crippen LogP contribution is 2.37. The highest BCUT2D eigenvalue weighted by molar-refractivity contribution is 5.74. The molecule has 4 unspecified atom stereocenters. The van der Waals surface area contributed by atoms with Crippen molar-refractivity contribution in [2.24, 2.45) is 17.8 Å². The van der Waals surface area contributed by atoms with Crippen molar-refractivity contribution in [3.63, 3.8) is 0 Å². The molecule has 1 aliphatic heterocycles. The van der Waals surface area contributed by atoms with Gasteiger partial charge in [0.2, 0.25) is 0 Å². The maximum Gasteiger partial charge on any atom is 0.317 e. The number of carboxylic acids is 1. The van der Waals surface area contributed by atoms with E-state index >= 15 is 0 Å². The lowest BCUT2D eigenvalue weighted by Crippen LogP contribution is -2.43. The smallest absolute Gasteiger partial charge is 0.317 e. The highest BCUT2D eigenvalue weighted by atomic mass is 16.4. The number of nitrogens with zero attached hydrogens (tertiary/aromatic N) is 1. The first-order valence-electron chi connectivity index (χ1n) is 8.25. The molecule has 1 heterocycles. The van der Waals surface area contributed by atoms with Gasteiger partial charge in [-0.05, 0) is 44.4 Å². The van der Waals surface area contributed by atoms with Crippen LogP contribution in [0.3, 0.4) is 0 Å². The van der Waals surface area contributed by atoms with Crippen LogP contribution >= 0.6 is 0 Å². The monoisotopic (exact) mass is 296 g/mol. The molecule has 2 rings (SSSR count). The standard InChI is InChI=1S/C16H28N2O3/c1-11(15(19)20)5-3-6-12(2)17-16(21)18-9-13-7-4-8-14(13)10-18/h11-14H,3-10H2,1-2H3,(H,17,21)(H,19,20). The van der Waals surface area contributed by atoms with Crippen LogP contribution < -0.4 is 5.32 Å². The number of amides is 2. The number of hydrogen-bond acceptors (Lipinski definition) is 2. The summed E-state index contributed by atoms with van der Waals surface area (Å²) in [6.07, 6.45) is 6.21. The minimum absolute atomic E-state index is 0.0585. The Kier molecular flexibility index (Phi) is 5.48. The van der Waals surface area contributed by atoms with E-state index in [-0.39, 0.29) is 18.0 Å². The van der Waals surface area contributed by atoms with Crippen LogP contribution in [0.25, 0.3) is 0 Å². The van der Waals surface area contributed by atoms with Gasteiger partial charge in [-0.3, -0.25) is 4.79 Å². The largest absolute Gasteiger partial charge is 0.481 e. The Morgan fingerprint density at radius 3 is 2.38 bits per heavy atom. The van der Waals surface area contributed by atoms with Crippen LogP contribution in [0, 0.1) is 17.8 Å². The van der Waals surface area contributed by atoms with Gasteiger partial charge < -0.3 is 15.3 Å². The maximum absolute atomic E-state index is 12.2. The SMILES string of the molecule is CC(CCCC(C)C(=O)O)NC(=O)N1CC2CCCC2C1. The Hall–Kier alpha value is -1.26. The summed E-state index contributed by atoms with van der Waals surface area (Å²) in [5.41, 5.74) is 0. The third kappa shape index (κ3) is 4.35. The molecule has 0 bridgehead atoms. The van der Waals surface area contributed by atoms with Gasteiger partial charge in [-0.25, -0.2) is 4.79 Å². The van der Waals surface area contributed by atoms with Crippen molar-refractivity contribution < 1.29 is 14.7 Å². The van der Waals surface area contributed by atoms with Gasteiger partial charge in [0.1, 0.15) is 0 Å². The molecule has 0 radical (unpaired) electrons. The van der Waals surface area contributed by atoms with Crippen LogP contribution in [0.2, 0.25) is 0 Å². The second kappa shape index (κ2) is 7.14. The normalized spacial score (nSPS) is 27.2. The number of urea groups is 1. The zero-order chi connectivity index (χ0) is 15.4. The zero-order valence-corrected chi connectivity index (χ0v) is 13.2. The van der Waals surface area contributed by atoms with E-state index < -0.39 is 5.97 Å². The Balaban J connectivity index is 1.64. The molecule has 5 heteroatoms.